The Labute approximate surface area is 152 Å². The van der Waals surface area contributed by atoms with Crippen LogP contribution in [0.1, 0.15) is 47.9 Å². The molecule has 0 fully saturated rings. The predicted molar refractivity (Wildman–Crippen MR) is 105 cm³/mol. The molecule has 3 nitrogen and oxygen atoms in total. The number of methoxy groups -OCH3 is 1. The molecule has 25 heavy (non-hydrogen) atoms. The maximum absolute atomic E-state index is 6.11. The van der Waals surface area contributed by atoms with E-state index in [0.29, 0.717) is 6.54 Å². The first-order chi connectivity index (χ1) is 12.1. The molecular formula is C22H31NO2. The van der Waals surface area contributed by atoms with Gasteiger partial charge in [-0.05, 0) is 73.7 Å². The van der Waals surface area contributed by atoms with E-state index in [2.05, 4.69) is 51.1 Å². The van der Waals surface area contributed by atoms with Crippen molar-refractivity contribution in [2.24, 2.45) is 5.73 Å². The van der Waals surface area contributed by atoms with Gasteiger partial charge in [-0.2, -0.15) is 0 Å². The van der Waals surface area contributed by atoms with Crippen LogP contribution < -0.4 is 15.2 Å². The smallest absolute Gasteiger partial charge is 0.122 e. The average molecular weight is 341 g/mol. The van der Waals surface area contributed by atoms with Crippen LogP contribution in [0, 0.1) is 13.8 Å². The molecule has 0 bridgehead atoms. The summed E-state index contributed by atoms with van der Waals surface area (Å²) in [7, 11) is 1.73. The minimum Gasteiger partial charge on any atom is -0.496 e. The summed E-state index contributed by atoms with van der Waals surface area (Å²) in [6, 6.07) is 12.7. The SMILES string of the molecule is CCCCOc1cccc(CC(CN)c2cc(C)c(C)cc2OC)c1. The first kappa shape index (κ1) is 19.3. The number of aryl methyl sites for hydroxylation is 2. The fourth-order valence-corrected chi connectivity index (χ4v) is 3.01. The van der Waals surface area contributed by atoms with Gasteiger partial charge in [0.05, 0.1) is 13.7 Å². The third-order valence-corrected chi connectivity index (χ3v) is 4.72. The second kappa shape index (κ2) is 9.47. The second-order valence-electron chi connectivity index (χ2n) is 6.66. The van der Waals surface area contributed by atoms with Crippen molar-refractivity contribution in [1.29, 1.82) is 0 Å². The number of rotatable bonds is 9. The van der Waals surface area contributed by atoms with Crippen LogP contribution in [-0.2, 0) is 6.42 Å². The Morgan fingerprint density at radius 2 is 1.84 bits per heavy atom. The van der Waals surface area contributed by atoms with Crippen LogP contribution in [0.15, 0.2) is 36.4 Å². The lowest BCUT2D eigenvalue weighted by Gasteiger charge is -2.20. The zero-order valence-corrected chi connectivity index (χ0v) is 16.0. The number of benzene rings is 2. The lowest BCUT2D eigenvalue weighted by Crippen LogP contribution is -2.16. The maximum Gasteiger partial charge on any atom is 0.122 e. The number of unbranched alkanes of at least 4 members (excludes halogenated alkanes) is 1. The molecule has 0 aliphatic carbocycles. The summed E-state index contributed by atoms with van der Waals surface area (Å²) >= 11 is 0. The summed E-state index contributed by atoms with van der Waals surface area (Å²) in [5.41, 5.74) is 11.0. The van der Waals surface area contributed by atoms with Crippen molar-refractivity contribution in [3.63, 3.8) is 0 Å². The van der Waals surface area contributed by atoms with Gasteiger partial charge in [-0.25, -0.2) is 0 Å². The van der Waals surface area contributed by atoms with Gasteiger partial charge >= 0.3 is 0 Å². The standard InChI is InChI=1S/C22H31NO2/c1-5-6-10-25-20-9-7-8-18(14-20)13-19(15-23)21-11-16(2)17(3)12-22(21)24-4/h7-9,11-12,14,19H,5-6,10,13,15,23H2,1-4H3. The zero-order valence-electron chi connectivity index (χ0n) is 16.0. The molecule has 0 saturated carbocycles. The van der Waals surface area contributed by atoms with Gasteiger partial charge in [-0.3, -0.25) is 0 Å². The molecule has 0 aliphatic heterocycles. The third kappa shape index (κ3) is 5.23. The fraction of sp³-hybridized carbons (Fsp3) is 0.455. The summed E-state index contributed by atoms with van der Waals surface area (Å²) < 4.78 is 11.4. The molecule has 0 spiro atoms. The number of hydrogen-bond donors (Lipinski definition) is 1. The highest BCUT2D eigenvalue weighted by molar-refractivity contribution is 5.44. The van der Waals surface area contributed by atoms with E-state index in [0.717, 1.165) is 37.4 Å². The van der Waals surface area contributed by atoms with Crippen molar-refractivity contribution in [2.75, 3.05) is 20.3 Å². The van der Waals surface area contributed by atoms with Crippen LogP contribution in [0.3, 0.4) is 0 Å². The Kier molecular flexibility index (Phi) is 7.32. The Bertz CT molecular complexity index is 682. The molecule has 1 unspecified atom stereocenters. The van der Waals surface area contributed by atoms with E-state index in [9.17, 15) is 0 Å². The van der Waals surface area contributed by atoms with Gasteiger partial charge in [0.1, 0.15) is 11.5 Å². The van der Waals surface area contributed by atoms with E-state index in [1.807, 2.05) is 6.07 Å². The third-order valence-electron chi connectivity index (χ3n) is 4.72. The summed E-state index contributed by atoms with van der Waals surface area (Å²) in [5.74, 6) is 2.09. The van der Waals surface area contributed by atoms with Gasteiger partial charge in [-0.15, -0.1) is 0 Å². The highest BCUT2D eigenvalue weighted by Gasteiger charge is 2.17. The van der Waals surface area contributed by atoms with E-state index in [-0.39, 0.29) is 5.92 Å². The van der Waals surface area contributed by atoms with Crippen LogP contribution in [0.25, 0.3) is 0 Å². The molecule has 0 heterocycles. The lowest BCUT2D eigenvalue weighted by molar-refractivity contribution is 0.309. The topological polar surface area (TPSA) is 44.5 Å². The van der Waals surface area contributed by atoms with Gasteiger partial charge in [0.2, 0.25) is 0 Å². The molecular weight excluding hydrogens is 310 g/mol. The van der Waals surface area contributed by atoms with E-state index in [1.165, 1.54) is 22.3 Å². The van der Waals surface area contributed by atoms with E-state index < -0.39 is 0 Å². The first-order valence-electron chi connectivity index (χ1n) is 9.16. The van der Waals surface area contributed by atoms with Gasteiger partial charge in [0.25, 0.3) is 0 Å². The average Bonchev–Trinajstić information content (AvgIpc) is 2.62. The summed E-state index contributed by atoms with van der Waals surface area (Å²) in [6.45, 7) is 7.76. The largest absolute Gasteiger partial charge is 0.496 e. The lowest BCUT2D eigenvalue weighted by atomic mass is 9.89. The van der Waals surface area contributed by atoms with E-state index in [1.54, 1.807) is 7.11 Å². The minimum absolute atomic E-state index is 0.222. The summed E-state index contributed by atoms with van der Waals surface area (Å²) in [6.07, 6.45) is 3.09. The quantitative estimate of drug-likeness (QED) is 0.668. The van der Waals surface area contributed by atoms with Crippen molar-refractivity contribution in [1.82, 2.24) is 0 Å². The molecule has 2 aromatic carbocycles. The van der Waals surface area contributed by atoms with E-state index in [4.69, 9.17) is 15.2 Å². The van der Waals surface area contributed by atoms with Crippen LogP contribution in [0.2, 0.25) is 0 Å². The van der Waals surface area contributed by atoms with Crippen molar-refractivity contribution in [3.8, 4) is 11.5 Å². The van der Waals surface area contributed by atoms with Gasteiger partial charge < -0.3 is 15.2 Å². The van der Waals surface area contributed by atoms with Crippen molar-refractivity contribution in [2.45, 2.75) is 46.0 Å². The monoisotopic (exact) mass is 341 g/mol. The van der Waals surface area contributed by atoms with Crippen LogP contribution >= 0.6 is 0 Å². The Morgan fingerprint density at radius 3 is 2.52 bits per heavy atom. The van der Waals surface area contributed by atoms with Crippen LogP contribution in [0.4, 0.5) is 0 Å². The van der Waals surface area contributed by atoms with Crippen LogP contribution in [-0.4, -0.2) is 20.3 Å². The number of nitrogens with two attached hydrogens (primary N) is 1. The highest BCUT2D eigenvalue weighted by Crippen LogP contribution is 2.32. The van der Waals surface area contributed by atoms with Crippen molar-refractivity contribution >= 4 is 0 Å². The van der Waals surface area contributed by atoms with Crippen molar-refractivity contribution in [3.05, 3.63) is 58.7 Å². The molecule has 0 amide bonds. The predicted octanol–water partition coefficient (Wildman–Crippen LogP) is 4.78. The molecule has 3 heteroatoms. The molecule has 2 N–H and O–H groups in total. The zero-order chi connectivity index (χ0) is 18.2. The van der Waals surface area contributed by atoms with Gasteiger partial charge in [0.15, 0.2) is 0 Å². The molecule has 0 aromatic heterocycles. The first-order valence-corrected chi connectivity index (χ1v) is 9.16. The Balaban J connectivity index is 2.20. The normalized spacial score (nSPS) is 12.0. The molecule has 136 valence electrons. The highest BCUT2D eigenvalue weighted by atomic mass is 16.5. The Morgan fingerprint density at radius 1 is 1.08 bits per heavy atom. The molecule has 2 aromatic rings. The number of ether oxygens (including phenoxy) is 2. The molecule has 0 aliphatic rings. The van der Waals surface area contributed by atoms with Crippen molar-refractivity contribution < 1.29 is 9.47 Å². The molecule has 1 atom stereocenters. The van der Waals surface area contributed by atoms with Crippen LogP contribution in [0.5, 0.6) is 11.5 Å². The summed E-state index contributed by atoms with van der Waals surface area (Å²) in [4.78, 5) is 0. The maximum atomic E-state index is 6.11. The van der Waals surface area contributed by atoms with Gasteiger partial charge in [0, 0.05) is 5.92 Å². The molecule has 2 rings (SSSR count). The molecule has 0 radical (unpaired) electrons. The fourth-order valence-electron chi connectivity index (χ4n) is 3.01. The number of hydrogen-bond acceptors (Lipinski definition) is 3. The van der Waals surface area contributed by atoms with Gasteiger partial charge in [-0.1, -0.05) is 31.5 Å². The Hall–Kier alpha value is -2.00. The second-order valence-corrected chi connectivity index (χ2v) is 6.66. The minimum atomic E-state index is 0.222. The summed E-state index contributed by atoms with van der Waals surface area (Å²) in [5, 5.41) is 0. The van der Waals surface area contributed by atoms with E-state index >= 15 is 0 Å². The molecule has 0 saturated heterocycles.